The minimum Gasteiger partial charge on any atom is -0.405 e. The van der Waals surface area contributed by atoms with Crippen LogP contribution in [0.4, 0.5) is 17.6 Å². The summed E-state index contributed by atoms with van der Waals surface area (Å²) in [6, 6.07) is 1.67. The molecule has 0 saturated heterocycles. The van der Waals surface area contributed by atoms with Crippen LogP contribution < -0.4 is 4.74 Å². The van der Waals surface area contributed by atoms with Crippen LogP contribution in [0, 0.1) is 15.0 Å². The molecular weight excluding hydrogens is 355 g/mol. The van der Waals surface area contributed by atoms with E-state index in [0.717, 1.165) is 6.20 Å². The van der Waals surface area contributed by atoms with Gasteiger partial charge in [0.05, 0.1) is 18.1 Å². The van der Waals surface area contributed by atoms with Gasteiger partial charge >= 0.3 is 6.36 Å². The lowest BCUT2D eigenvalue weighted by molar-refractivity contribution is -0.275. The highest BCUT2D eigenvalue weighted by molar-refractivity contribution is 14.1. The highest BCUT2D eigenvalue weighted by atomic mass is 127. The Morgan fingerprint density at radius 3 is 2.59 bits per heavy atom. The molecule has 8 heteroatoms. The van der Waals surface area contributed by atoms with Crippen molar-refractivity contribution in [1.29, 1.82) is 5.26 Å². The van der Waals surface area contributed by atoms with Crippen LogP contribution in [0.1, 0.15) is 11.1 Å². The second kappa shape index (κ2) is 5.48. The Kier molecular flexibility index (Phi) is 4.50. The number of nitrogens with zero attached hydrogens (tertiary/aromatic N) is 2. The zero-order valence-electron chi connectivity index (χ0n) is 8.18. The van der Waals surface area contributed by atoms with Crippen LogP contribution in [0.25, 0.3) is 0 Å². The fraction of sp³-hybridized carbons (Fsp3) is 0.333. The molecule has 1 heterocycles. The van der Waals surface area contributed by atoms with E-state index in [1.165, 1.54) is 0 Å². The number of halogens is 5. The fourth-order valence-corrected chi connectivity index (χ4v) is 1.66. The normalized spacial score (nSPS) is 11.1. The van der Waals surface area contributed by atoms with Gasteiger partial charge in [-0.05, 0) is 22.6 Å². The topological polar surface area (TPSA) is 45.9 Å². The molecule has 1 aromatic heterocycles. The summed E-state index contributed by atoms with van der Waals surface area (Å²) >= 11 is 1.60. The van der Waals surface area contributed by atoms with Crippen molar-refractivity contribution in [2.24, 2.45) is 0 Å². The van der Waals surface area contributed by atoms with Crippen molar-refractivity contribution in [3.63, 3.8) is 0 Å². The second-order valence-corrected chi connectivity index (χ2v) is 3.92. The summed E-state index contributed by atoms with van der Waals surface area (Å²) in [6.07, 6.45) is -4.19. The number of pyridine rings is 1. The number of alkyl halides is 4. The summed E-state index contributed by atoms with van der Waals surface area (Å²) in [5.41, 5.74) is -0.381. The number of hydrogen-bond donors (Lipinski definition) is 0. The van der Waals surface area contributed by atoms with Gasteiger partial charge in [0.15, 0.2) is 0 Å². The monoisotopic (exact) mass is 360 g/mol. The van der Waals surface area contributed by atoms with E-state index < -0.39 is 18.8 Å². The quantitative estimate of drug-likeness (QED) is 0.473. The lowest BCUT2D eigenvalue weighted by Gasteiger charge is -2.15. The van der Waals surface area contributed by atoms with Gasteiger partial charge in [0.2, 0.25) is 0 Å². The van der Waals surface area contributed by atoms with Gasteiger partial charge in [-0.2, -0.15) is 5.26 Å². The molecule has 0 atom stereocenters. The molecule has 1 rings (SSSR count). The summed E-state index contributed by atoms with van der Waals surface area (Å²) in [5, 5.41) is 8.47. The number of hydrogen-bond acceptors (Lipinski definition) is 3. The first-order valence-electron chi connectivity index (χ1n) is 4.24. The molecule has 0 radical (unpaired) electrons. The largest absolute Gasteiger partial charge is 0.573 e. The summed E-state index contributed by atoms with van der Waals surface area (Å²) < 4.78 is 53.0. The van der Waals surface area contributed by atoms with Crippen LogP contribution in [0.3, 0.4) is 0 Å². The predicted octanol–water partition coefficient (Wildman–Crippen LogP) is 3.12. The molecule has 0 aliphatic carbocycles. The zero-order chi connectivity index (χ0) is 13.1. The van der Waals surface area contributed by atoms with E-state index in [4.69, 9.17) is 5.26 Å². The van der Waals surface area contributed by atoms with Crippen molar-refractivity contribution in [3.05, 3.63) is 21.0 Å². The van der Waals surface area contributed by atoms with Crippen molar-refractivity contribution in [2.75, 3.05) is 0 Å². The van der Waals surface area contributed by atoms with Crippen LogP contribution in [0.5, 0.6) is 5.75 Å². The molecule has 0 saturated carbocycles. The molecule has 0 N–H and O–H groups in total. The molecule has 3 nitrogen and oxygen atoms in total. The average molecular weight is 360 g/mol. The van der Waals surface area contributed by atoms with Crippen molar-refractivity contribution >= 4 is 22.6 Å². The number of ether oxygens (including phenoxy) is 1. The average Bonchev–Trinajstić information content (AvgIpc) is 2.21. The maximum absolute atomic E-state index is 12.7. The van der Waals surface area contributed by atoms with Crippen LogP contribution in [-0.2, 0) is 13.1 Å². The Balaban J connectivity index is 3.29. The van der Waals surface area contributed by atoms with E-state index in [9.17, 15) is 17.6 Å². The zero-order valence-corrected chi connectivity index (χ0v) is 10.3. The van der Waals surface area contributed by atoms with Crippen molar-refractivity contribution in [2.45, 2.75) is 19.5 Å². The molecule has 17 heavy (non-hydrogen) atoms. The molecule has 0 amide bonds. The lowest BCUT2D eigenvalue weighted by atomic mass is 10.1. The van der Waals surface area contributed by atoms with Gasteiger partial charge in [-0.1, -0.05) is 0 Å². The Labute approximate surface area is 108 Å². The molecule has 0 unspecified atom stereocenters. The molecule has 0 spiro atoms. The van der Waals surface area contributed by atoms with Crippen molar-refractivity contribution in [3.8, 4) is 11.8 Å². The highest BCUT2D eigenvalue weighted by Gasteiger charge is 2.34. The third-order valence-electron chi connectivity index (χ3n) is 1.77. The van der Waals surface area contributed by atoms with Gasteiger partial charge in [0, 0.05) is 11.8 Å². The minimum atomic E-state index is -4.93. The van der Waals surface area contributed by atoms with Crippen LogP contribution in [-0.4, -0.2) is 11.3 Å². The second-order valence-electron chi connectivity index (χ2n) is 2.90. The predicted molar refractivity (Wildman–Crippen MR) is 57.8 cm³/mol. The van der Waals surface area contributed by atoms with E-state index in [-0.39, 0.29) is 21.2 Å². The number of nitriles is 1. The standard InChI is InChI=1S/C9H5F4IN2O/c10-3-6-7(17-9(11,12)13)5(1-2-15)4-16-8(6)14/h4H,1,3H2. The molecule has 0 aromatic carbocycles. The van der Waals surface area contributed by atoms with E-state index in [0.29, 0.717) is 0 Å². The van der Waals surface area contributed by atoms with Gasteiger partial charge in [-0.3, -0.25) is 0 Å². The SMILES string of the molecule is N#CCc1cnc(I)c(CF)c1OC(F)(F)F. The summed E-state index contributed by atoms with van der Waals surface area (Å²) in [6.45, 7) is -1.14. The maximum atomic E-state index is 12.7. The molecule has 0 fully saturated rings. The Morgan fingerprint density at radius 2 is 2.12 bits per heavy atom. The fourth-order valence-electron chi connectivity index (χ4n) is 1.13. The van der Waals surface area contributed by atoms with Gasteiger partial charge in [-0.15, -0.1) is 13.2 Å². The van der Waals surface area contributed by atoms with Gasteiger partial charge in [-0.25, -0.2) is 9.37 Å². The molecule has 0 bridgehead atoms. The van der Waals surface area contributed by atoms with E-state index >= 15 is 0 Å². The van der Waals surface area contributed by atoms with Gasteiger partial charge in [0.25, 0.3) is 0 Å². The van der Waals surface area contributed by atoms with E-state index in [2.05, 4.69) is 9.72 Å². The first-order chi connectivity index (χ1) is 7.89. The van der Waals surface area contributed by atoms with Gasteiger partial charge in [0.1, 0.15) is 16.1 Å². The van der Waals surface area contributed by atoms with Gasteiger partial charge < -0.3 is 4.74 Å². The summed E-state index contributed by atoms with van der Waals surface area (Å²) in [7, 11) is 0. The van der Waals surface area contributed by atoms with Crippen molar-refractivity contribution < 1.29 is 22.3 Å². The molecule has 0 aliphatic heterocycles. The molecular formula is C9H5F4IN2O. The lowest BCUT2D eigenvalue weighted by Crippen LogP contribution is -2.20. The Bertz CT molecular complexity index is 456. The molecule has 0 aliphatic rings. The highest BCUT2D eigenvalue weighted by Crippen LogP contribution is 2.32. The summed E-state index contributed by atoms with van der Waals surface area (Å²) in [4.78, 5) is 3.71. The number of aromatic nitrogens is 1. The van der Waals surface area contributed by atoms with Crippen LogP contribution in [0.2, 0.25) is 0 Å². The Hall–Kier alpha value is -1.11. The van der Waals surface area contributed by atoms with E-state index in [1.807, 2.05) is 0 Å². The first kappa shape index (κ1) is 14.0. The first-order valence-corrected chi connectivity index (χ1v) is 5.31. The van der Waals surface area contributed by atoms with Crippen LogP contribution in [0.15, 0.2) is 6.20 Å². The molecule has 1 aromatic rings. The number of rotatable bonds is 3. The van der Waals surface area contributed by atoms with Crippen LogP contribution >= 0.6 is 22.6 Å². The van der Waals surface area contributed by atoms with E-state index in [1.54, 1.807) is 28.7 Å². The Morgan fingerprint density at radius 1 is 1.47 bits per heavy atom. The minimum absolute atomic E-state index is 0.0750. The molecule has 92 valence electrons. The van der Waals surface area contributed by atoms with Crippen molar-refractivity contribution in [1.82, 2.24) is 4.98 Å². The third kappa shape index (κ3) is 3.69. The summed E-state index contributed by atoms with van der Waals surface area (Å²) in [5.74, 6) is -0.666. The smallest absolute Gasteiger partial charge is 0.405 e. The maximum Gasteiger partial charge on any atom is 0.573 e. The third-order valence-corrected chi connectivity index (χ3v) is 2.70.